The van der Waals surface area contributed by atoms with Crippen LogP contribution in [0.15, 0.2) is 0 Å². The van der Waals surface area contributed by atoms with Gasteiger partial charge in [-0.05, 0) is 40.0 Å². The molecule has 20 heavy (non-hydrogen) atoms. The van der Waals surface area contributed by atoms with Crippen molar-refractivity contribution in [3.05, 3.63) is 0 Å². The van der Waals surface area contributed by atoms with Gasteiger partial charge in [0.05, 0.1) is 12.0 Å². The van der Waals surface area contributed by atoms with Crippen molar-refractivity contribution in [1.29, 1.82) is 0 Å². The van der Waals surface area contributed by atoms with Gasteiger partial charge in [0.1, 0.15) is 5.60 Å². The number of hydrogen-bond donors (Lipinski definition) is 1. The summed E-state index contributed by atoms with van der Waals surface area (Å²) in [6.07, 6.45) is 1.47. The van der Waals surface area contributed by atoms with Gasteiger partial charge in [0.25, 0.3) is 0 Å². The molecule has 0 saturated carbocycles. The van der Waals surface area contributed by atoms with E-state index in [-0.39, 0.29) is 12.5 Å². The first-order valence-electron chi connectivity index (χ1n) is 6.92. The Morgan fingerprint density at radius 3 is 2.40 bits per heavy atom. The van der Waals surface area contributed by atoms with Gasteiger partial charge in [0.2, 0.25) is 0 Å². The number of carboxylic acids is 1. The van der Waals surface area contributed by atoms with Crippen LogP contribution in [0.1, 0.15) is 46.5 Å². The zero-order valence-electron chi connectivity index (χ0n) is 12.8. The van der Waals surface area contributed by atoms with Gasteiger partial charge >= 0.3 is 12.1 Å². The third-order valence-corrected chi connectivity index (χ3v) is 3.46. The Kier molecular flexibility index (Phi) is 5.39. The van der Waals surface area contributed by atoms with Gasteiger partial charge in [-0.2, -0.15) is 0 Å². The molecule has 0 spiro atoms. The van der Waals surface area contributed by atoms with Crippen molar-refractivity contribution in [3.8, 4) is 0 Å². The molecule has 0 aromatic rings. The zero-order valence-corrected chi connectivity index (χ0v) is 12.8. The van der Waals surface area contributed by atoms with Gasteiger partial charge in [0, 0.05) is 20.2 Å². The van der Waals surface area contributed by atoms with Crippen molar-refractivity contribution in [3.63, 3.8) is 0 Å². The average molecular weight is 287 g/mol. The number of rotatable bonds is 3. The number of carbonyl (C=O) groups excluding carboxylic acids is 1. The molecule has 1 amide bonds. The molecule has 1 atom stereocenters. The molecular formula is C14H25NO5. The van der Waals surface area contributed by atoms with E-state index in [0.29, 0.717) is 32.4 Å². The van der Waals surface area contributed by atoms with Crippen molar-refractivity contribution < 1.29 is 24.2 Å². The average Bonchev–Trinajstić information content (AvgIpc) is 2.49. The van der Waals surface area contributed by atoms with E-state index in [2.05, 4.69) is 0 Å². The van der Waals surface area contributed by atoms with Gasteiger partial charge in [-0.3, -0.25) is 4.79 Å². The number of amides is 1. The van der Waals surface area contributed by atoms with Crippen LogP contribution in [0.5, 0.6) is 0 Å². The van der Waals surface area contributed by atoms with Crippen LogP contribution in [0.25, 0.3) is 0 Å². The lowest BCUT2D eigenvalue weighted by Gasteiger charge is -2.30. The SMILES string of the molecule is COC1(CC(=O)O)CCCN(C(=O)OC(C)(C)C)CC1. The minimum absolute atomic E-state index is 0.0361. The lowest BCUT2D eigenvalue weighted by atomic mass is 9.91. The molecule has 6 nitrogen and oxygen atoms in total. The van der Waals surface area contributed by atoms with Crippen LogP contribution in [0.4, 0.5) is 4.79 Å². The molecule has 0 aromatic carbocycles. The zero-order chi connectivity index (χ0) is 15.4. The van der Waals surface area contributed by atoms with Crippen LogP contribution in [0.3, 0.4) is 0 Å². The van der Waals surface area contributed by atoms with E-state index >= 15 is 0 Å². The molecule has 1 N–H and O–H groups in total. The van der Waals surface area contributed by atoms with E-state index in [1.54, 1.807) is 4.90 Å². The van der Waals surface area contributed by atoms with Crippen molar-refractivity contribution in [2.45, 2.75) is 57.7 Å². The highest BCUT2D eigenvalue weighted by atomic mass is 16.6. The molecule has 1 aliphatic heterocycles. The fourth-order valence-electron chi connectivity index (χ4n) is 2.41. The molecule has 0 bridgehead atoms. The van der Waals surface area contributed by atoms with Gasteiger partial charge in [0.15, 0.2) is 0 Å². The molecule has 0 aromatic heterocycles. The Morgan fingerprint density at radius 1 is 1.25 bits per heavy atom. The molecule has 116 valence electrons. The number of methoxy groups -OCH3 is 1. The second-order valence-corrected chi connectivity index (χ2v) is 6.28. The molecule has 1 heterocycles. The predicted molar refractivity (Wildman–Crippen MR) is 73.7 cm³/mol. The minimum atomic E-state index is -0.877. The summed E-state index contributed by atoms with van der Waals surface area (Å²) < 4.78 is 10.8. The summed E-state index contributed by atoms with van der Waals surface area (Å²) >= 11 is 0. The smallest absolute Gasteiger partial charge is 0.410 e. The third kappa shape index (κ3) is 5.00. The molecule has 1 fully saturated rings. The summed E-state index contributed by atoms with van der Waals surface area (Å²) in [5.41, 5.74) is -1.20. The molecule has 1 saturated heterocycles. The van der Waals surface area contributed by atoms with Crippen molar-refractivity contribution >= 4 is 12.1 Å². The number of nitrogens with zero attached hydrogens (tertiary/aromatic N) is 1. The molecular weight excluding hydrogens is 262 g/mol. The van der Waals surface area contributed by atoms with Crippen LogP contribution >= 0.6 is 0 Å². The summed E-state index contributed by atoms with van der Waals surface area (Å²) in [4.78, 5) is 24.6. The third-order valence-electron chi connectivity index (χ3n) is 3.46. The highest BCUT2D eigenvalue weighted by molar-refractivity contribution is 5.69. The summed E-state index contributed by atoms with van der Waals surface area (Å²) in [6, 6.07) is 0. The lowest BCUT2D eigenvalue weighted by Crippen LogP contribution is -2.39. The summed E-state index contributed by atoms with van der Waals surface area (Å²) in [6.45, 7) is 6.50. The fourth-order valence-corrected chi connectivity index (χ4v) is 2.41. The Bertz CT molecular complexity index is 363. The summed E-state index contributed by atoms with van der Waals surface area (Å²) in [5, 5.41) is 9.00. The van der Waals surface area contributed by atoms with Gasteiger partial charge in [-0.25, -0.2) is 4.79 Å². The predicted octanol–water partition coefficient (Wildman–Crippen LogP) is 2.27. The number of carbonyl (C=O) groups is 2. The Labute approximate surface area is 120 Å². The van der Waals surface area contributed by atoms with E-state index < -0.39 is 17.2 Å². The summed E-state index contributed by atoms with van der Waals surface area (Å²) in [7, 11) is 1.53. The number of likely N-dealkylation sites (tertiary alicyclic amines) is 1. The van der Waals surface area contributed by atoms with Crippen LogP contribution in [0.2, 0.25) is 0 Å². The number of aliphatic carboxylic acids is 1. The van der Waals surface area contributed by atoms with Gasteiger partial charge in [-0.15, -0.1) is 0 Å². The Balaban J connectivity index is 2.66. The second-order valence-electron chi connectivity index (χ2n) is 6.28. The van der Waals surface area contributed by atoms with Crippen LogP contribution in [0, 0.1) is 0 Å². The van der Waals surface area contributed by atoms with E-state index in [1.807, 2.05) is 20.8 Å². The maximum atomic E-state index is 12.0. The highest BCUT2D eigenvalue weighted by Gasteiger charge is 2.36. The largest absolute Gasteiger partial charge is 0.481 e. The van der Waals surface area contributed by atoms with Crippen molar-refractivity contribution in [2.75, 3.05) is 20.2 Å². The quantitative estimate of drug-likeness (QED) is 0.861. The first-order chi connectivity index (χ1) is 9.17. The van der Waals surface area contributed by atoms with E-state index in [1.165, 1.54) is 7.11 Å². The standard InChI is InChI=1S/C14H25NO5/c1-13(2,3)20-12(18)15-8-5-6-14(19-4,7-9-15)10-11(16)17/h5-10H2,1-4H3,(H,16,17). The molecule has 6 heteroatoms. The van der Waals surface area contributed by atoms with E-state index in [4.69, 9.17) is 14.6 Å². The number of ether oxygens (including phenoxy) is 2. The van der Waals surface area contributed by atoms with Gasteiger partial charge in [-0.1, -0.05) is 0 Å². The monoisotopic (exact) mass is 287 g/mol. The van der Waals surface area contributed by atoms with Gasteiger partial charge < -0.3 is 19.5 Å². The molecule has 1 unspecified atom stereocenters. The number of carboxylic acid groups (broad SMARTS) is 1. The number of hydrogen-bond acceptors (Lipinski definition) is 4. The normalized spacial score (nSPS) is 24.1. The van der Waals surface area contributed by atoms with Crippen LogP contribution < -0.4 is 0 Å². The van der Waals surface area contributed by atoms with Crippen LogP contribution in [-0.2, 0) is 14.3 Å². The molecule has 1 rings (SSSR count). The first-order valence-corrected chi connectivity index (χ1v) is 6.92. The second kappa shape index (κ2) is 6.43. The highest BCUT2D eigenvalue weighted by Crippen LogP contribution is 2.29. The van der Waals surface area contributed by atoms with Crippen LogP contribution in [-0.4, -0.2) is 53.5 Å². The molecule has 1 aliphatic rings. The fraction of sp³-hybridized carbons (Fsp3) is 0.857. The maximum absolute atomic E-state index is 12.0. The molecule has 0 radical (unpaired) electrons. The maximum Gasteiger partial charge on any atom is 0.410 e. The topological polar surface area (TPSA) is 76.1 Å². The molecule has 0 aliphatic carbocycles. The van der Waals surface area contributed by atoms with E-state index in [9.17, 15) is 9.59 Å². The van der Waals surface area contributed by atoms with Crippen molar-refractivity contribution in [1.82, 2.24) is 4.90 Å². The lowest BCUT2D eigenvalue weighted by molar-refractivity contribution is -0.144. The van der Waals surface area contributed by atoms with Crippen molar-refractivity contribution in [2.24, 2.45) is 0 Å². The minimum Gasteiger partial charge on any atom is -0.481 e. The van der Waals surface area contributed by atoms with E-state index in [0.717, 1.165) is 0 Å². The first kappa shape index (κ1) is 16.8. The summed E-state index contributed by atoms with van der Waals surface area (Å²) in [5.74, 6) is -0.877. The Morgan fingerprint density at radius 2 is 1.90 bits per heavy atom. The Hall–Kier alpha value is -1.30.